The Morgan fingerprint density at radius 3 is 2.50 bits per heavy atom. The Morgan fingerprint density at radius 2 is 1.80 bits per heavy atom. The highest BCUT2D eigenvalue weighted by Crippen LogP contribution is 2.15. The molecule has 0 amide bonds. The van der Waals surface area contributed by atoms with Crippen molar-refractivity contribution in [2.45, 2.75) is 39.4 Å². The summed E-state index contributed by atoms with van der Waals surface area (Å²) in [5.41, 5.74) is 4.17. The number of hydrogen-bond donors (Lipinski definition) is 1. The lowest BCUT2D eigenvalue weighted by molar-refractivity contribution is 0.133. The zero-order valence-corrected chi connectivity index (χ0v) is 14.0. The first-order valence-electron chi connectivity index (χ1n) is 7.65. The van der Waals surface area contributed by atoms with E-state index in [0.29, 0.717) is 0 Å². The fourth-order valence-corrected chi connectivity index (χ4v) is 2.94. The number of rotatable bonds is 11. The van der Waals surface area contributed by atoms with Crippen LogP contribution in [0, 0.1) is 13.8 Å². The maximum Gasteiger partial charge on any atom is 0.0590 e. The maximum atomic E-state index is 5.51. The molecule has 1 aromatic carbocycles. The second-order valence-electron chi connectivity index (χ2n) is 5.26. The van der Waals surface area contributed by atoms with Crippen LogP contribution < -0.4 is 5.32 Å². The summed E-state index contributed by atoms with van der Waals surface area (Å²) in [7, 11) is 0. The van der Waals surface area contributed by atoms with Crippen LogP contribution in [0.3, 0.4) is 0 Å². The van der Waals surface area contributed by atoms with Gasteiger partial charge in [-0.25, -0.2) is 0 Å². The van der Waals surface area contributed by atoms with Crippen LogP contribution in [0.15, 0.2) is 18.2 Å². The molecule has 114 valence electrons. The van der Waals surface area contributed by atoms with Crippen LogP contribution in [-0.2, 0) is 10.5 Å². The molecular formula is C17H29NOS. The van der Waals surface area contributed by atoms with Gasteiger partial charge in [-0.1, -0.05) is 42.7 Å². The van der Waals surface area contributed by atoms with Crippen LogP contribution >= 0.6 is 11.8 Å². The van der Waals surface area contributed by atoms with Gasteiger partial charge < -0.3 is 10.1 Å². The molecule has 0 aliphatic carbocycles. The van der Waals surface area contributed by atoms with E-state index in [4.69, 9.17) is 4.74 Å². The fraction of sp³-hybridized carbons (Fsp3) is 0.647. The van der Waals surface area contributed by atoms with Gasteiger partial charge >= 0.3 is 0 Å². The molecule has 0 radical (unpaired) electrons. The van der Waals surface area contributed by atoms with Gasteiger partial charge in [0.1, 0.15) is 0 Å². The smallest absolute Gasteiger partial charge is 0.0590 e. The highest BCUT2D eigenvalue weighted by atomic mass is 32.2. The zero-order valence-electron chi connectivity index (χ0n) is 13.2. The Balaban J connectivity index is 1.97. The van der Waals surface area contributed by atoms with E-state index in [1.807, 2.05) is 11.8 Å². The van der Waals surface area contributed by atoms with Crippen molar-refractivity contribution in [1.29, 1.82) is 0 Å². The third kappa shape index (κ3) is 8.62. The van der Waals surface area contributed by atoms with Crippen molar-refractivity contribution in [2.75, 3.05) is 32.1 Å². The van der Waals surface area contributed by atoms with Crippen molar-refractivity contribution in [3.05, 3.63) is 34.9 Å². The van der Waals surface area contributed by atoms with Crippen LogP contribution in [0.1, 0.15) is 36.5 Å². The molecule has 0 spiro atoms. The number of benzene rings is 1. The van der Waals surface area contributed by atoms with Crippen molar-refractivity contribution in [3.8, 4) is 0 Å². The van der Waals surface area contributed by atoms with Gasteiger partial charge in [-0.15, -0.1) is 0 Å². The average Bonchev–Trinajstić information content (AvgIpc) is 2.40. The minimum atomic E-state index is 0.835. The summed E-state index contributed by atoms with van der Waals surface area (Å²) in [6.07, 6.45) is 2.38. The van der Waals surface area contributed by atoms with E-state index in [0.717, 1.165) is 37.8 Å². The molecule has 0 saturated heterocycles. The first-order valence-corrected chi connectivity index (χ1v) is 8.81. The third-order valence-corrected chi connectivity index (χ3v) is 4.07. The molecule has 0 saturated carbocycles. The summed E-state index contributed by atoms with van der Waals surface area (Å²) in [5.74, 6) is 2.26. The van der Waals surface area contributed by atoms with Gasteiger partial charge in [0.05, 0.1) is 6.61 Å². The highest BCUT2D eigenvalue weighted by Gasteiger charge is 1.97. The number of unbranched alkanes of at least 4 members (excludes halogenated alkanes) is 1. The van der Waals surface area contributed by atoms with E-state index in [1.165, 1.54) is 29.5 Å². The van der Waals surface area contributed by atoms with Gasteiger partial charge in [-0.3, -0.25) is 0 Å². The second-order valence-corrected chi connectivity index (χ2v) is 6.37. The van der Waals surface area contributed by atoms with Crippen LogP contribution in [0.5, 0.6) is 0 Å². The molecule has 0 aliphatic rings. The van der Waals surface area contributed by atoms with Crippen LogP contribution in [0.2, 0.25) is 0 Å². The predicted molar refractivity (Wildman–Crippen MR) is 90.7 cm³/mol. The molecule has 0 aliphatic heterocycles. The van der Waals surface area contributed by atoms with Gasteiger partial charge in [-0.05, 0) is 25.8 Å². The first-order chi connectivity index (χ1) is 9.72. The molecule has 2 nitrogen and oxygen atoms in total. The largest absolute Gasteiger partial charge is 0.380 e. The van der Waals surface area contributed by atoms with E-state index in [-0.39, 0.29) is 0 Å². The molecule has 1 rings (SSSR count). The molecule has 20 heavy (non-hydrogen) atoms. The Morgan fingerprint density at radius 1 is 1.05 bits per heavy atom. The monoisotopic (exact) mass is 295 g/mol. The normalized spacial score (nSPS) is 10.9. The molecule has 1 aromatic rings. The van der Waals surface area contributed by atoms with Crippen LogP contribution in [0.25, 0.3) is 0 Å². The molecule has 0 bridgehead atoms. The summed E-state index contributed by atoms with van der Waals surface area (Å²) >= 11 is 1.99. The van der Waals surface area contributed by atoms with Crippen molar-refractivity contribution in [2.24, 2.45) is 0 Å². The molecule has 0 aromatic heterocycles. The predicted octanol–water partition coefficient (Wildman–Crippen LogP) is 3.94. The van der Waals surface area contributed by atoms with E-state index in [1.54, 1.807) is 0 Å². The first kappa shape index (κ1) is 17.5. The third-order valence-electron chi connectivity index (χ3n) is 3.04. The number of thioether (sulfide) groups is 1. The van der Waals surface area contributed by atoms with E-state index >= 15 is 0 Å². The van der Waals surface area contributed by atoms with Crippen LogP contribution in [-0.4, -0.2) is 32.1 Å². The topological polar surface area (TPSA) is 21.3 Å². The van der Waals surface area contributed by atoms with Gasteiger partial charge in [-0.2, -0.15) is 11.8 Å². The minimum absolute atomic E-state index is 0.835. The Hall–Kier alpha value is -0.510. The maximum absolute atomic E-state index is 5.51. The number of hydrogen-bond acceptors (Lipinski definition) is 3. The van der Waals surface area contributed by atoms with Gasteiger partial charge in [0.25, 0.3) is 0 Å². The molecular weight excluding hydrogens is 266 g/mol. The number of nitrogens with one attached hydrogen (secondary N) is 1. The summed E-state index contributed by atoms with van der Waals surface area (Å²) in [4.78, 5) is 0. The highest BCUT2D eigenvalue weighted by molar-refractivity contribution is 7.98. The van der Waals surface area contributed by atoms with Crippen molar-refractivity contribution in [1.82, 2.24) is 5.32 Å². The summed E-state index contributed by atoms with van der Waals surface area (Å²) in [6.45, 7) is 10.3. The Kier molecular flexibility index (Phi) is 9.81. The quantitative estimate of drug-likeness (QED) is 0.625. The molecule has 0 unspecified atom stereocenters. The fourth-order valence-electron chi connectivity index (χ4n) is 2.10. The molecule has 3 heteroatoms. The van der Waals surface area contributed by atoms with Gasteiger partial charge in [0.2, 0.25) is 0 Å². The average molecular weight is 295 g/mol. The lowest BCUT2D eigenvalue weighted by Gasteiger charge is -2.07. The Bertz CT molecular complexity index is 348. The van der Waals surface area contributed by atoms with Crippen LogP contribution in [0.4, 0.5) is 0 Å². The van der Waals surface area contributed by atoms with E-state index < -0.39 is 0 Å². The number of aryl methyl sites for hydroxylation is 2. The lowest BCUT2D eigenvalue weighted by Crippen LogP contribution is -2.22. The minimum Gasteiger partial charge on any atom is -0.380 e. The van der Waals surface area contributed by atoms with Gasteiger partial charge in [0.15, 0.2) is 0 Å². The molecule has 1 N–H and O–H groups in total. The van der Waals surface area contributed by atoms with Gasteiger partial charge in [0, 0.05) is 31.2 Å². The number of ether oxygens (including phenoxy) is 1. The van der Waals surface area contributed by atoms with E-state index in [9.17, 15) is 0 Å². The SMILES string of the molecule is CCCCOCCNCCSCc1cc(C)cc(C)c1. The van der Waals surface area contributed by atoms with Crippen molar-refractivity contribution >= 4 is 11.8 Å². The molecule has 0 heterocycles. The summed E-state index contributed by atoms with van der Waals surface area (Å²) in [6, 6.07) is 6.80. The lowest BCUT2D eigenvalue weighted by atomic mass is 10.1. The molecule has 0 atom stereocenters. The van der Waals surface area contributed by atoms with E-state index in [2.05, 4.69) is 44.3 Å². The Labute approximate surface area is 128 Å². The second kappa shape index (κ2) is 11.2. The summed E-state index contributed by atoms with van der Waals surface area (Å²) < 4.78 is 5.51. The summed E-state index contributed by atoms with van der Waals surface area (Å²) in [5, 5.41) is 3.43. The standard InChI is InChI=1S/C17H29NOS/c1-4-5-8-19-9-6-18-7-10-20-14-17-12-15(2)11-16(3)13-17/h11-13,18H,4-10,14H2,1-3H3. The molecule has 0 fully saturated rings. The zero-order chi connectivity index (χ0) is 14.6. The van der Waals surface area contributed by atoms with Crippen molar-refractivity contribution < 1.29 is 4.74 Å². The van der Waals surface area contributed by atoms with Crippen molar-refractivity contribution in [3.63, 3.8) is 0 Å².